The second kappa shape index (κ2) is 6.44. The van der Waals surface area contributed by atoms with Crippen LogP contribution in [0.2, 0.25) is 0 Å². The van der Waals surface area contributed by atoms with Crippen LogP contribution in [0.25, 0.3) is 5.69 Å². The number of benzene rings is 1. The first kappa shape index (κ1) is 14.4. The van der Waals surface area contributed by atoms with Gasteiger partial charge in [0.25, 0.3) is 0 Å². The summed E-state index contributed by atoms with van der Waals surface area (Å²) >= 11 is 6.07. The third-order valence-corrected chi connectivity index (χ3v) is 3.48. The van der Waals surface area contributed by atoms with Gasteiger partial charge in [0, 0.05) is 19.2 Å². The normalized spacial score (nSPS) is 10.3. The highest BCUT2D eigenvalue weighted by Gasteiger charge is 2.18. The Morgan fingerprint density at radius 1 is 1.35 bits per heavy atom. The highest BCUT2D eigenvalue weighted by molar-refractivity contribution is 6.17. The molecule has 0 fully saturated rings. The lowest BCUT2D eigenvalue weighted by molar-refractivity contribution is 0.802. The molecule has 1 aromatic heterocycles. The van der Waals surface area contributed by atoms with Crippen LogP contribution >= 0.6 is 11.6 Å². The first-order chi connectivity index (χ1) is 9.69. The first-order valence-electron chi connectivity index (χ1n) is 6.47. The largest absolute Gasteiger partial charge is 0.358 e. The summed E-state index contributed by atoms with van der Waals surface area (Å²) in [6, 6.07) is 12.1. The number of aromatic nitrogens is 2. The fourth-order valence-electron chi connectivity index (χ4n) is 2.17. The summed E-state index contributed by atoms with van der Waals surface area (Å²) in [7, 11) is 1.96. The van der Waals surface area contributed by atoms with Crippen LogP contribution in [-0.4, -0.2) is 23.4 Å². The van der Waals surface area contributed by atoms with Crippen LogP contribution in [0.3, 0.4) is 0 Å². The summed E-state index contributed by atoms with van der Waals surface area (Å²) in [5.74, 6) is 1.36. The maximum atomic E-state index is 8.75. The predicted molar refractivity (Wildman–Crippen MR) is 81.4 cm³/mol. The van der Waals surface area contributed by atoms with E-state index in [1.54, 1.807) is 0 Å². The van der Waals surface area contributed by atoms with Gasteiger partial charge >= 0.3 is 0 Å². The molecule has 104 valence electrons. The lowest BCUT2D eigenvalue weighted by Crippen LogP contribution is -2.22. The van der Waals surface area contributed by atoms with Gasteiger partial charge in [0.15, 0.2) is 0 Å². The molecule has 2 aromatic rings. The number of alkyl halides is 1. The van der Waals surface area contributed by atoms with E-state index >= 15 is 0 Å². The van der Waals surface area contributed by atoms with Crippen LogP contribution in [0.4, 0.5) is 5.82 Å². The molecule has 0 atom stereocenters. The molecular weight excluding hydrogens is 272 g/mol. The molecule has 0 aliphatic rings. The van der Waals surface area contributed by atoms with Crippen molar-refractivity contribution in [2.24, 2.45) is 0 Å². The lowest BCUT2D eigenvalue weighted by Gasteiger charge is -2.20. The molecule has 0 N–H and O–H groups in total. The number of anilines is 1. The number of para-hydroxylation sites is 1. The molecule has 4 nitrogen and oxygen atoms in total. The Morgan fingerprint density at radius 3 is 2.65 bits per heavy atom. The average molecular weight is 289 g/mol. The Labute approximate surface area is 124 Å². The number of aryl methyl sites for hydroxylation is 1. The highest BCUT2D eigenvalue weighted by Crippen LogP contribution is 2.28. The maximum Gasteiger partial charge on any atom is 0.136 e. The van der Waals surface area contributed by atoms with Gasteiger partial charge in [0.1, 0.15) is 5.82 Å². The molecule has 0 amide bonds. The average Bonchev–Trinajstić information content (AvgIpc) is 2.82. The Kier molecular flexibility index (Phi) is 4.65. The van der Waals surface area contributed by atoms with Crippen molar-refractivity contribution in [2.45, 2.75) is 19.2 Å². The minimum absolute atomic E-state index is 0.408. The second-order valence-electron chi connectivity index (χ2n) is 4.60. The predicted octanol–water partition coefficient (Wildman–Crippen LogP) is 3.27. The van der Waals surface area contributed by atoms with E-state index in [2.05, 4.69) is 11.2 Å². The summed E-state index contributed by atoms with van der Waals surface area (Å²) in [6.07, 6.45) is 0.469. The number of halogens is 1. The third-order valence-electron chi connectivity index (χ3n) is 3.21. The second-order valence-corrected chi connectivity index (χ2v) is 4.87. The van der Waals surface area contributed by atoms with E-state index in [0.29, 0.717) is 18.8 Å². The third kappa shape index (κ3) is 2.78. The molecule has 5 heteroatoms. The van der Waals surface area contributed by atoms with Gasteiger partial charge in [-0.15, -0.1) is 11.6 Å². The van der Waals surface area contributed by atoms with E-state index in [1.807, 2.05) is 53.9 Å². The van der Waals surface area contributed by atoms with Crippen LogP contribution < -0.4 is 4.90 Å². The van der Waals surface area contributed by atoms with Crippen molar-refractivity contribution in [3.8, 4) is 11.8 Å². The number of rotatable bonds is 5. The minimum atomic E-state index is 0.408. The monoisotopic (exact) mass is 288 g/mol. The van der Waals surface area contributed by atoms with Gasteiger partial charge in [-0.2, -0.15) is 10.4 Å². The number of hydrogen-bond acceptors (Lipinski definition) is 3. The summed E-state index contributed by atoms with van der Waals surface area (Å²) in [5.41, 5.74) is 2.92. The summed E-state index contributed by atoms with van der Waals surface area (Å²) < 4.78 is 1.89. The molecule has 1 heterocycles. The van der Waals surface area contributed by atoms with Crippen molar-refractivity contribution in [3.63, 3.8) is 0 Å². The van der Waals surface area contributed by atoms with Crippen molar-refractivity contribution in [2.75, 3.05) is 18.5 Å². The van der Waals surface area contributed by atoms with Gasteiger partial charge in [0.2, 0.25) is 0 Å². The van der Waals surface area contributed by atoms with E-state index in [9.17, 15) is 0 Å². The van der Waals surface area contributed by atoms with Gasteiger partial charge in [-0.05, 0) is 19.1 Å². The molecule has 20 heavy (non-hydrogen) atoms. The zero-order valence-electron chi connectivity index (χ0n) is 11.7. The van der Waals surface area contributed by atoms with Crippen LogP contribution in [-0.2, 0) is 5.88 Å². The molecule has 0 bridgehead atoms. The van der Waals surface area contributed by atoms with Crippen LogP contribution in [0.1, 0.15) is 17.7 Å². The molecule has 0 saturated carbocycles. The van der Waals surface area contributed by atoms with Crippen molar-refractivity contribution in [1.29, 1.82) is 5.26 Å². The summed E-state index contributed by atoms with van der Waals surface area (Å²) in [5, 5.41) is 13.3. The molecule has 2 rings (SSSR count). The highest BCUT2D eigenvalue weighted by atomic mass is 35.5. The molecule has 0 aliphatic heterocycles. The minimum Gasteiger partial charge on any atom is -0.358 e. The van der Waals surface area contributed by atoms with Crippen LogP contribution in [0.15, 0.2) is 30.3 Å². The van der Waals surface area contributed by atoms with E-state index in [4.69, 9.17) is 16.9 Å². The number of hydrogen-bond donors (Lipinski definition) is 0. The molecule has 0 aliphatic carbocycles. The number of nitriles is 1. The van der Waals surface area contributed by atoms with E-state index < -0.39 is 0 Å². The zero-order chi connectivity index (χ0) is 14.5. The Bertz CT molecular complexity index is 613. The molecular formula is C15H17ClN4. The van der Waals surface area contributed by atoms with Crippen LogP contribution in [0.5, 0.6) is 0 Å². The smallest absolute Gasteiger partial charge is 0.136 e. The van der Waals surface area contributed by atoms with Gasteiger partial charge < -0.3 is 4.90 Å². The Hall–Kier alpha value is -1.99. The van der Waals surface area contributed by atoms with Gasteiger partial charge in [-0.1, -0.05) is 18.2 Å². The first-order valence-corrected chi connectivity index (χ1v) is 7.00. The van der Waals surface area contributed by atoms with Gasteiger partial charge in [-0.3, -0.25) is 0 Å². The number of nitrogens with zero attached hydrogens (tertiary/aromatic N) is 4. The molecule has 0 spiro atoms. The van der Waals surface area contributed by atoms with Crippen molar-refractivity contribution in [1.82, 2.24) is 9.78 Å². The lowest BCUT2D eigenvalue weighted by atomic mass is 10.2. The molecule has 0 unspecified atom stereocenters. The van der Waals surface area contributed by atoms with E-state index in [1.165, 1.54) is 0 Å². The SMILES string of the molecule is Cc1nn(-c2ccccc2)c(N(C)CCC#N)c1CCl. The standard InChI is InChI=1S/C15H17ClN4/c1-12-14(11-16)15(19(2)10-6-9-17)20(18-12)13-7-4-3-5-8-13/h3-5,7-8H,6,10-11H2,1-2H3. The quantitative estimate of drug-likeness (QED) is 0.793. The zero-order valence-corrected chi connectivity index (χ0v) is 12.4. The Balaban J connectivity index is 2.50. The van der Waals surface area contributed by atoms with Crippen molar-refractivity contribution < 1.29 is 0 Å². The van der Waals surface area contributed by atoms with E-state index in [-0.39, 0.29) is 0 Å². The van der Waals surface area contributed by atoms with Gasteiger partial charge in [0.05, 0.1) is 29.8 Å². The van der Waals surface area contributed by atoms with Gasteiger partial charge in [-0.25, -0.2) is 4.68 Å². The van der Waals surface area contributed by atoms with Crippen molar-refractivity contribution >= 4 is 17.4 Å². The molecule has 0 radical (unpaired) electrons. The fourth-order valence-corrected chi connectivity index (χ4v) is 2.48. The van der Waals surface area contributed by atoms with Crippen molar-refractivity contribution in [3.05, 3.63) is 41.6 Å². The van der Waals surface area contributed by atoms with Crippen LogP contribution in [0, 0.1) is 18.3 Å². The topological polar surface area (TPSA) is 44.9 Å². The summed E-state index contributed by atoms with van der Waals surface area (Å²) in [4.78, 5) is 2.04. The molecule has 0 saturated heterocycles. The van der Waals surface area contributed by atoms with E-state index in [0.717, 1.165) is 22.8 Å². The maximum absolute atomic E-state index is 8.75. The Morgan fingerprint density at radius 2 is 2.05 bits per heavy atom. The molecule has 1 aromatic carbocycles. The summed E-state index contributed by atoms with van der Waals surface area (Å²) in [6.45, 7) is 2.61. The fraction of sp³-hybridized carbons (Fsp3) is 0.333.